The topological polar surface area (TPSA) is 84.2 Å². The lowest BCUT2D eigenvalue weighted by Gasteiger charge is -2.48. The summed E-state index contributed by atoms with van der Waals surface area (Å²) in [5.41, 5.74) is 0.566. The molecule has 1 saturated carbocycles. The normalized spacial score (nSPS) is 24.6. The molecule has 1 aromatic carbocycles. The number of anilines is 1. The number of piperidine rings is 1. The van der Waals surface area contributed by atoms with Gasteiger partial charge in [-0.25, -0.2) is 17.9 Å². The van der Waals surface area contributed by atoms with E-state index in [4.69, 9.17) is 5.14 Å². The van der Waals surface area contributed by atoms with Gasteiger partial charge < -0.3 is 10.6 Å². The van der Waals surface area contributed by atoms with Crippen LogP contribution in [0.25, 0.3) is 0 Å². The monoisotopic (exact) mass is 313 g/mol. The van der Waals surface area contributed by atoms with E-state index in [-0.39, 0.29) is 16.5 Å². The number of nitrogens with one attached hydrogen (secondary N) is 2. The van der Waals surface area contributed by atoms with Gasteiger partial charge in [-0.15, -0.1) is 0 Å². The van der Waals surface area contributed by atoms with Crippen molar-refractivity contribution in [2.75, 3.05) is 11.9 Å². The van der Waals surface area contributed by atoms with E-state index < -0.39 is 15.8 Å². The summed E-state index contributed by atoms with van der Waals surface area (Å²) in [6.07, 6.45) is 5.51. The molecule has 2 aliphatic rings. The Morgan fingerprint density at radius 2 is 2.14 bits per heavy atom. The number of rotatable bonds is 3. The number of hydrogen-bond acceptors (Lipinski definition) is 4. The van der Waals surface area contributed by atoms with Gasteiger partial charge in [0.05, 0.1) is 10.6 Å². The second-order valence-corrected chi connectivity index (χ2v) is 7.64. The molecule has 0 aromatic heterocycles. The highest BCUT2D eigenvalue weighted by molar-refractivity contribution is 7.89. The first-order valence-corrected chi connectivity index (χ1v) is 8.77. The van der Waals surface area contributed by atoms with Gasteiger partial charge in [-0.1, -0.05) is 0 Å². The Morgan fingerprint density at radius 3 is 2.71 bits per heavy atom. The molecular formula is C14H20FN3O2S. The first-order valence-electron chi connectivity index (χ1n) is 7.22. The number of nitrogens with two attached hydrogens (primary N) is 1. The Bertz CT molecular complexity index is 644. The van der Waals surface area contributed by atoms with Crippen molar-refractivity contribution < 1.29 is 12.8 Å². The second kappa shape index (κ2) is 5.23. The molecule has 1 atom stereocenters. The summed E-state index contributed by atoms with van der Waals surface area (Å²) in [6.45, 7) is 0.925. The predicted molar refractivity (Wildman–Crippen MR) is 79.0 cm³/mol. The Morgan fingerprint density at radius 1 is 1.38 bits per heavy atom. The molecule has 4 N–H and O–H groups in total. The summed E-state index contributed by atoms with van der Waals surface area (Å²) in [4.78, 5) is -0.202. The van der Waals surface area contributed by atoms with Crippen molar-refractivity contribution in [1.29, 1.82) is 0 Å². The Labute approximate surface area is 124 Å². The summed E-state index contributed by atoms with van der Waals surface area (Å²) in [6, 6.07) is 3.96. The first-order chi connectivity index (χ1) is 9.88. The summed E-state index contributed by atoms with van der Waals surface area (Å²) in [7, 11) is -3.87. The highest BCUT2D eigenvalue weighted by Gasteiger charge is 2.40. The minimum atomic E-state index is -3.87. The zero-order valence-corrected chi connectivity index (χ0v) is 12.5. The molecule has 1 heterocycles. The molecule has 0 amide bonds. The van der Waals surface area contributed by atoms with Crippen LogP contribution in [0.1, 0.15) is 32.1 Å². The minimum absolute atomic E-state index is 0.202. The lowest BCUT2D eigenvalue weighted by atomic mass is 9.70. The average molecular weight is 313 g/mol. The highest BCUT2D eigenvalue weighted by atomic mass is 32.2. The van der Waals surface area contributed by atoms with E-state index in [1.54, 1.807) is 0 Å². The fourth-order valence-corrected chi connectivity index (χ4v) is 3.80. The van der Waals surface area contributed by atoms with Crippen molar-refractivity contribution >= 4 is 15.7 Å². The lowest BCUT2D eigenvalue weighted by Crippen LogP contribution is -2.58. The first kappa shape index (κ1) is 14.7. The van der Waals surface area contributed by atoms with Crippen molar-refractivity contribution in [1.82, 2.24) is 5.32 Å². The van der Waals surface area contributed by atoms with Crippen LogP contribution in [0.4, 0.5) is 10.1 Å². The van der Waals surface area contributed by atoms with E-state index in [9.17, 15) is 12.8 Å². The zero-order valence-electron chi connectivity index (χ0n) is 11.7. The zero-order chi connectivity index (χ0) is 15.1. The molecule has 1 aromatic rings. The van der Waals surface area contributed by atoms with E-state index in [1.807, 2.05) is 0 Å². The molecule has 0 radical (unpaired) electrons. The molecule has 1 aliphatic heterocycles. The van der Waals surface area contributed by atoms with Gasteiger partial charge in [0.2, 0.25) is 10.0 Å². The maximum atomic E-state index is 14.0. The Hall–Kier alpha value is -1.18. The van der Waals surface area contributed by atoms with Crippen molar-refractivity contribution in [3.63, 3.8) is 0 Å². The van der Waals surface area contributed by atoms with Crippen LogP contribution in [0, 0.1) is 5.82 Å². The van der Waals surface area contributed by atoms with Gasteiger partial charge >= 0.3 is 0 Å². The van der Waals surface area contributed by atoms with Crippen LogP contribution < -0.4 is 15.8 Å². The fourth-order valence-electron chi connectivity index (χ4n) is 3.27. The van der Waals surface area contributed by atoms with E-state index in [1.165, 1.54) is 31.4 Å². The van der Waals surface area contributed by atoms with Crippen LogP contribution in [0.5, 0.6) is 0 Å². The number of hydrogen-bond donors (Lipinski definition) is 3. The Kier molecular flexibility index (Phi) is 3.67. The van der Waals surface area contributed by atoms with Crippen molar-refractivity contribution in [2.24, 2.45) is 5.14 Å². The average Bonchev–Trinajstić information content (AvgIpc) is 2.38. The quantitative estimate of drug-likeness (QED) is 0.790. The SMILES string of the molecule is NS(=O)(=O)c1ccc(NC2CCNC3(CCC3)C2)c(F)c1. The van der Waals surface area contributed by atoms with Crippen LogP contribution in [0.2, 0.25) is 0 Å². The molecule has 3 rings (SSSR count). The van der Waals surface area contributed by atoms with Gasteiger partial charge in [-0.2, -0.15) is 0 Å². The van der Waals surface area contributed by atoms with Crippen LogP contribution >= 0.6 is 0 Å². The van der Waals surface area contributed by atoms with Gasteiger partial charge in [-0.3, -0.25) is 0 Å². The molecule has 116 valence electrons. The maximum absolute atomic E-state index is 14.0. The van der Waals surface area contributed by atoms with Gasteiger partial charge in [0.1, 0.15) is 5.82 Å². The molecule has 5 nitrogen and oxygen atoms in total. The Balaban J connectivity index is 1.73. The third-order valence-corrected chi connectivity index (χ3v) is 5.48. The van der Waals surface area contributed by atoms with Crippen LogP contribution in [-0.2, 0) is 10.0 Å². The van der Waals surface area contributed by atoms with Gasteiger partial charge in [0.15, 0.2) is 0 Å². The predicted octanol–water partition coefficient (Wildman–Crippen LogP) is 1.56. The molecule has 1 spiro atoms. The highest BCUT2D eigenvalue weighted by Crippen LogP contribution is 2.39. The summed E-state index contributed by atoms with van der Waals surface area (Å²) < 4.78 is 36.4. The van der Waals surface area contributed by atoms with Crippen LogP contribution in [0.3, 0.4) is 0 Å². The number of halogens is 1. The van der Waals surface area contributed by atoms with E-state index in [2.05, 4.69) is 10.6 Å². The summed E-state index contributed by atoms with van der Waals surface area (Å²) in [5.74, 6) is -0.581. The number of benzene rings is 1. The molecule has 0 bridgehead atoms. The van der Waals surface area contributed by atoms with Crippen LogP contribution in [0.15, 0.2) is 23.1 Å². The molecule has 1 unspecified atom stereocenters. The lowest BCUT2D eigenvalue weighted by molar-refractivity contribution is 0.135. The van der Waals surface area contributed by atoms with Gasteiger partial charge in [-0.05, 0) is 56.8 Å². The molecule has 1 saturated heterocycles. The van der Waals surface area contributed by atoms with Crippen molar-refractivity contribution in [3.8, 4) is 0 Å². The molecule has 1 aliphatic carbocycles. The molecule has 7 heteroatoms. The number of primary sulfonamides is 1. The summed E-state index contributed by atoms with van der Waals surface area (Å²) in [5, 5.41) is 11.8. The van der Waals surface area contributed by atoms with Gasteiger partial charge in [0.25, 0.3) is 0 Å². The second-order valence-electron chi connectivity index (χ2n) is 6.08. The summed E-state index contributed by atoms with van der Waals surface area (Å²) >= 11 is 0. The van der Waals surface area contributed by atoms with Crippen molar-refractivity contribution in [3.05, 3.63) is 24.0 Å². The van der Waals surface area contributed by atoms with E-state index >= 15 is 0 Å². The molecular weight excluding hydrogens is 293 g/mol. The fraction of sp³-hybridized carbons (Fsp3) is 0.571. The van der Waals surface area contributed by atoms with E-state index in [0.717, 1.165) is 25.5 Å². The largest absolute Gasteiger partial charge is 0.380 e. The van der Waals surface area contributed by atoms with Gasteiger partial charge in [0, 0.05) is 11.6 Å². The van der Waals surface area contributed by atoms with Crippen LogP contribution in [-0.4, -0.2) is 26.5 Å². The third kappa shape index (κ3) is 3.04. The molecule has 2 fully saturated rings. The smallest absolute Gasteiger partial charge is 0.238 e. The van der Waals surface area contributed by atoms with Crippen molar-refractivity contribution in [2.45, 2.75) is 48.6 Å². The number of sulfonamides is 1. The van der Waals surface area contributed by atoms with E-state index in [0.29, 0.717) is 5.69 Å². The maximum Gasteiger partial charge on any atom is 0.238 e. The third-order valence-electron chi connectivity index (χ3n) is 4.57. The minimum Gasteiger partial charge on any atom is -0.380 e. The standard InChI is InChI=1S/C14H20FN3O2S/c15-12-8-11(21(16,19)20)2-3-13(12)18-10-4-7-17-14(9-10)5-1-6-14/h2-3,8,10,17-18H,1,4-7,9H2,(H2,16,19,20). The molecule has 21 heavy (non-hydrogen) atoms.